The van der Waals surface area contributed by atoms with E-state index >= 15 is 0 Å². The number of fused-ring (bicyclic) bond motifs is 1. The molecule has 158 valence electrons. The van der Waals surface area contributed by atoms with Crippen molar-refractivity contribution < 1.29 is 4.79 Å². The minimum Gasteiger partial charge on any atom is -0.359 e. The normalized spacial score (nSPS) is 17.4. The zero-order valence-electron chi connectivity index (χ0n) is 16.7. The second-order valence-electron chi connectivity index (χ2n) is 7.72. The van der Waals surface area contributed by atoms with Crippen LogP contribution in [0.1, 0.15) is 36.6 Å². The van der Waals surface area contributed by atoms with Gasteiger partial charge in [0.2, 0.25) is 11.0 Å². The molecule has 1 amide bonds. The summed E-state index contributed by atoms with van der Waals surface area (Å²) in [5, 5.41) is 13.8. The number of amides is 1. The first kappa shape index (κ1) is 20.7. The minimum absolute atomic E-state index is 0. The molecular formula is C20H24ClN7OS. The molecule has 0 bridgehead atoms. The number of hydrogen-bond donors (Lipinski definition) is 1. The third-order valence-electron chi connectivity index (χ3n) is 5.73. The quantitative estimate of drug-likeness (QED) is 0.656. The lowest BCUT2D eigenvalue weighted by Crippen LogP contribution is -2.48. The summed E-state index contributed by atoms with van der Waals surface area (Å²) in [4.78, 5) is 25.1. The third-order valence-corrected chi connectivity index (χ3v) is 6.73. The molecule has 2 fully saturated rings. The van der Waals surface area contributed by atoms with Crippen LogP contribution >= 0.6 is 23.7 Å². The van der Waals surface area contributed by atoms with Crippen LogP contribution in [0.5, 0.6) is 0 Å². The van der Waals surface area contributed by atoms with Gasteiger partial charge in [0.1, 0.15) is 10.8 Å². The molecule has 1 aliphatic heterocycles. The number of pyridine rings is 2. The van der Waals surface area contributed by atoms with Crippen LogP contribution in [-0.4, -0.2) is 57.7 Å². The molecule has 1 aliphatic carbocycles. The maximum Gasteiger partial charge on any atom is 0.241 e. The van der Waals surface area contributed by atoms with Crippen molar-refractivity contribution in [3.8, 4) is 0 Å². The molecule has 5 rings (SSSR count). The molecule has 30 heavy (non-hydrogen) atoms. The van der Waals surface area contributed by atoms with Crippen molar-refractivity contribution in [3.05, 3.63) is 29.4 Å². The van der Waals surface area contributed by atoms with Crippen molar-refractivity contribution in [3.63, 3.8) is 0 Å². The zero-order valence-corrected chi connectivity index (χ0v) is 18.4. The van der Waals surface area contributed by atoms with Crippen LogP contribution in [0, 0.1) is 0 Å². The maximum absolute atomic E-state index is 12.0. The van der Waals surface area contributed by atoms with Crippen LogP contribution in [0.2, 0.25) is 0 Å². The second kappa shape index (κ2) is 8.69. The number of rotatable bonds is 4. The number of aromatic nitrogens is 4. The first-order chi connectivity index (χ1) is 14.2. The molecule has 0 spiro atoms. The van der Waals surface area contributed by atoms with Gasteiger partial charge in [-0.15, -0.1) is 22.6 Å². The average Bonchev–Trinajstić information content (AvgIpc) is 3.41. The first-order valence-corrected chi connectivity index (χ1v) is 10.8. The number of piperazine rings is 1. The first-order valence-electron chi connectivity index (χ1n) is 10.0. The number of carbonyl (C=O) groups excluding carboxylic acids is 1. The van der Waals surface area contributed by atoms with Crippen LogP contribution in [0.25, 0.3) is 11.0 Å². The van der Waals surface area contributed by atoms with Gasteiger partial charge in [0.15, 0.2) is 0 Å². The summed E-state index contributed by atoms with van der Waals surface area (Å²) >= 11 is 1.62. The molecule has 0 radical (unpaired) electrons. The molecule has 0 atom stereocenters. The van der Waals surface area contributed by atoms with Gasteiger partial charge in [0.05, 0.1) is 29.5 Å². The van der Waals surface area contributed by atoms with Crippen LogP contribution in [0.4, 0.5) is 16.6 Å². The molecule has 1 saturated heterocycles. The molecule has 0 aromatic carbocycles. The number of carbonyl (C=O) groups is 1. The van der Waals surface area contributed by atoms with Gasteiger partial charge in [-0.3, -0.25) is 9.78 Å². The van der Waals surface area contributed by atoms with Gasteiger partial charge in [-0.25, -0.2) is 4.98 Å². The fraction of sp³-hybridized carbons (Fsp3) is 0.450. The summed E-state index contributed by atoms with van der Waals surface area (Å²) in [6, 6.07) is 5.85. The van der Waals surface area contributed by atoms with Gasteiger partial charge >= 0.3 is 0 Å². The summed E-state index contributed by atoms with van der Waals surface area (Å²) in [5.41, 5.74) is 2.53. The van der Waals surface area contributed by atoms with Gasteiger partial charge in [-0.1, -0.05) is 24.2 Å². The molecule has 0 unspecified atom stereocenters. The lowest BCUT2D eigenvalue weighted by Gasteiger charge is -2.33. The van der Waals surface area contributed by atoms with E-state index in [1.54, 1.807) is 16.2 Å². The predicted octanol–water partition coefficient (Wildman–Crippen LogP) is 3.58. The Morgan fingerprint density at radius 2 is 1.97 bits per heavy atom. The van der Waals surface area contributed by atoms with Crippen LogP contribution < -0.4 is 10.2 Å². The molecule has 2 aliphatic rings. The van der Waals surface area contributed by atoms with E-state index in [1.165, 1.54) is 25.7 Å². The lowest BCUT2D eigenvalue weighted by atomic mass is 10.1. The van der Waals surface area contributed by atoms with Crippen molar-refractivity contribution in [2.45, 2.75) is 31.6 Å². The summed E-state index contributed by atoms with van der Waals surface area (Å²) in [6.07, 6.45) is 6.81. The Kier molecular flexibility index (Phi) is 6.01. The van der Waals surface area contributed by atoms with Crippen molar-refractivity contribution in [1.29, 1.82) is 0 Å². The Hall–Kier alpha value is -2.52. The van der Waals surface area contributed by atoms with E-state index in [0.717, 1.165) is 39.2 Å². The number of halogens is 1. The predicted molar refractivity (Wildman–Crippen MR) is 121 cm³/mol. The largest absolute Gasteiger partial charge is 0.359 e. The molecule has 1 N–H and O–H groups in total. The van der Waals surface area contributed by atoms with Crippen LogP contribution in [0.15, 0.2) is 24.4 Å². The molecular weight excluding hydrogens is 422 g/mol. The Morgan fingerprint density at radius 1 is 1.13 bits per heavy atom. The van der Waals surface area contributed by atoms with Gasteiger partial charge in [-0.05, 0) is 31.0 Å². The van der Waals surface area contributed by atoms with Crippen LogP contribution in [0.3, 0.4) is 0 Å². The zero-order chi connectivity index (χ0) is 19.8. The van der Waals surface area contributed by atoms with Crippen molar-refractivity contribution in [1.82, 2.24) is 25.1 Å². The molecule has 8 nitrogen and oxygen atoms in total. The molecule has 3 aromatic rings. The minimum atomic E-state index is 0. The summed E-state index contributed by atoms with van der Waals surface area (Å²) < 4.78 is 0. The molecule has 1 saturated carbocycles. The number of likely N-dealkylation sites (N-methyl/N-ethyl adjacent to an activating group) is 1. The Balaban J connectivity index is 0.00000218. The Morgan fingerprint density at radius 3 is 2.77 bits per heavy atom. The monoisotopic (exact) mass is 445 g/mol. The Bertz CT molecular complexity index is 1050. The van der Waals surface area contributed by atoms with Crippen molar-refractivity contribution in [2.24, 2.45) is 0 Å². The number of hydrogen-bond acceptors (Lipinski definition) is 8. The molecule has 3 aromatic heterocycles. The molecule has 4 heterocycles. The van der Waals surface area contributed by atoms with Crippen LogP contribution in [-0.2, 0) is 4.79 Å². The average molecular weight is 446 g/mol. The standard InChI is InChI=1S/C20H23N7OS.ClH/c1-26-8-9-27(12-18(26)28)14-10-16-15(21-11-14)6-7-17(22-16)23-20-25-24-19(29-20)13-4-2-3-5-13;/h6-7,10-11,13H,2-5,8-9,12H2,1H3,(H,22,23,25);1H. The highest BCUT2D eigenvalue weighted by Crippen LogP contribution is 2.37. The smallest absolute Gasteiger partial charge is 0.241 e. The third kappa shape index (κ3) is 4.17. The van der Waals surface area contributed by atoms with Gasteiger partial charge in [0.25, 0.3) is 0 Å². The summed E-state index contributed by atoms with van der Waals surface area (Å²) in [7, 11) is 1.84. The second-order valence-corrected chi connectivity index (χ2v) is 8.73. The maximum atomic E-state index is 12.0. The number of anilines is 3. The highest BCUT2D eigenvalue weighted by Gasteiger charge is 2.22. The number of nitrogens with one attached hydrogen (secondary N) is 1. The van der Waals surface area contributed by atoms with E-state index in [-0.39, 0.29) is 18.3 Å². The van der Waals surface area contributed by atoms with E-state index in [1.807, 2.05) is 31.4 Å². The van der Waals surface area contributed by atoms with E-state index in [9.17, 15) is 4.79 Å². The lowest BCUT2D eigenvalue weighted by molar-refractivity contribution is -0.129. The SMILES string of the molecule is CN1CCN(c2cnc3ccc(Nc4nnc(C5CCCC5)s4)nc3c2)CC1=O.Cl. The molecule has 10 heteroatoms. The van der Waals surface area contributed by atoms with Gasteiger partial charge in [-0.2, -0.15) is 0 Å². The van der Waals surface area contributed by atoms with Gasteiger partial charge < -0.3 is 15.1 Å². The summed E-state index contributed by atoms with van der Waals surface area (Å²) in [5.74, 6) is 1.40. The highest BCUT2D eigenvalue weighted by atomic mass is 35.5. The van der Waals surface area contributed by atoms with E-state index < -0.39 is 0 Å². The number of nitrogens with zero attached hydrogens (tertiary/aromatic N) is 6. The van der Waals surface area contributed by atoms with Crippen molar-refractivity contribution >= 4 is 57.3 Å². The van der Waals surface area contributed by atoms with E-state index in [0.29, 0.717) is 19.0 Å². The fourth-order valence-electron chi connectivity index (χ4n) is 3.95. The van der Waals surface area contributed by atoms with E-state index in [2.05, 4.69) is 25.4 Å². The van der Waals surface area contributed by atoms with Gasteiger partial charge in [0, 0.05) is 26.1 Å². The van der Waals surface area contributed by atoms with Crippen molar-refractivity contribution in [2.75, 3.05) is 36.9 Å². The Labute approximate surface area is 185 Å². The van der Waals surface area contributed by atoms with E-state index in [4.69, 9.17) is 4.98 Å². The summed E-state index contributed by atoms with van der Waals surface area (Å²) in [6.45, 7) is 1.88. The fourth-order valence-corrected chi connectivity index (χ4v) is 4.87. The topological polar surface area (TPSA) is 87.1 Å². The highest BCUT2D eigenvalue weighted by molar-refractivity contribution is 7.15.